The molecule has 0 bridgehead atoms. The van der Waals surface area contributed by atoms with Crippen LogP contribution in [-0.4, -0.2) is 13.4 Å². The van der Waals surface area contributed by atoms with Crippen LogP contribution in [0.5, 0.6) is 5.75 Å². The Morgan fingerprint density at radius 1 is 1.23 bits per heavy atom. The number of fused-ring (bicyclic) bond motifs is 5. The van der Waals surface area contributed by atoms with Crippen molar-refractivity contribution in [1.29, 1.82) is 0 Å². The number of ether oxygens (including phenoxy) is 1. The number of hydrogen-bond acceptors (Lipinski definition) is 2. The predicted octanol–water partition coefficient (Wildman–Crippen LogP) is 4.75. The van der Waals surface area contributed by atoms with Gasteiger partial charge >= 0.3 is 0 Å². The summed E-state index contributed by atoms with van der Waals surface area (Å²) in [5, 5.41) is 0. The van der Waals surface area contributed by atoms with Crippen molar-refractivity contribution in [3.05, 3.63) is 28.8 Å². The lowest BCUT2D eigenvalue weighted by Gasteiger charge is -2.49. The smallest absolute Gasteiger partial charge is 0.153 e. The fourth-order valence-corrected chi connectivity index (χ4v) is 5.88. The molecule has 0 spiro atoms. The van der Waals surface area contributed by atoms with Gasteiger partial charge in [-0.1, -0.05) is 13.3 Å². The maximum Gasteiger partial charge on any atom is 0.153 e. The minimum Gasteiger partial charge on any atom is -0.496 e. The SMILES string of the molecule is COc1cc2c(cc1C=O)CCC1C2CC[C@]2(C)CCCC12. The molecular weight excluding hydrogens is 272 g/mol. The Morgan fingerprint density at radius 3 is 2.86 bits per heavy atom. The van der Waals surface area contributed by atoms with Gasteiger partial charge in [-0.05, 0) is 85.0 Å². The largest absolute Gasteiger partial charge is 0.496 e. The lowest BCUT2D eigenvalue weighted by Crippen LogP contribution is -2.39. The van der Waals surface area contributed by atoms with Crippen molar-refractivity contribution < 1.29 is 9.53 Å². The van der Waals surface area contributed by atoms with Gasteiger partial charge in [0.05, 0.1) is 12.7 Å². The second-order valence-corrected chi connectivity index (χ2v) is 7.91. The average Bonchev–Trinajstić information content (AvgIpc) is 2.94. The topological polar surface area (TPSA) is 26.3 Å². The molecule has 4 rings (SSSR count). The third kappa shape index (κ3) is 1.96. The van der Waals surface area contributed by atoms with Gasteiger partial charge < -0.3 is 4.74 Å². The summed E-state index contributed by atoms with van der Waals surface area (Å²) in [5.74, 6) is 3.21. The van der Waals surface area contributed by atoms with Crippen molar-refractivity contribution in [1.82, 2.24) is 0 Å². The highest BCUT2D eigenvalue weighted by Gasteiger charge is 2.50. The highest BCUT2D eigenvalue weighted by atomic mass is 16.5. The molecule has 22 heavy (non-hydrogen) atoms. The summed E-state index contributed by atoms with van der Waals surface area (Å²) in [6.07, 6.45) is 10.3. The first-order chi connectivity index (χ1) is 10.7. The summed E-state index contributed by atoms with van der Waals surface area (Å²) in [6.45, 7) is 2.53. The van der Waals surface area contributed by atoms with Crippen molar-refractivity contribution in [3.63, 3.8) is 0 Å². The molecule has 2 saturated carbocycles. The maximum atomic E-state index is 11.3. The number of carbonyl (C=O) groups excluding carboxylic acids is 1. The Hall–Kier alpha value is -1.31. The van der Waals surface area contributed by atoms with Gasteiger partial charge in [-0.15, -0.1) is 0 Å². The van der Waals surface area contributed by atoms with E-state index in [0.717, 1.165) is 30.3 Å². The molecule has 3 aliphatic rings. The van der Waals surface area contributed by atoms with Crippen molar-refractivity contribution >= 4 is 6.29 Å². The first-order valence-corrected chi connectivity index (χ1v) is 8.82. The van der Waals surface area contributed by atoms with Crippen LogP contribution in [0.3, 0.4) is 0 Å². The summed E-state index contributed by atoms with van der Waals surface area (Å²) >= 11 is 0. The standard InChI is InChI=1S/C20H26O2/c1-20-8-3-4-18(20)16-6-5-13-10-14(12-21)19(22-2)11-17(13)15(16)7-9-20/h10-12,15-16,18H,3-9H2,1-2H3/t15?,16?,18?,20-/m0/s1. The number of methoxy groups -OCH3 is 1. The summed E-state index contributed by atoms with van der Waals surface area (Å²) < 4.78 is 5.46. The number of carbonyl (C=O) groups is 1. The minimum atomic E-state index is 0.603. The fourth-order valence-electron chi connectivity index (χ4n) is 5.88. The molecule has 2 heteroatoms. The van der Waals surface area contributed by atoms with E-state index in [-0.39, 0.29) is 0 Å². The van der Waals surface area contributed by atoms with Crippen LogP contribution in [0.1, 0.15) is 72.9 Å². The third-order valence-electron chi connectivity index (χ3n) is 6.98. The van der Waals surface area contributed by atoms with E-state index in [4.69, 9.17) is 4.74 Å². The zero-order valence-corrected chi connectivity index (χ0v) is 13.7. The van der Waals surface area contributed by atoms with Crippen LogP contribution in [0.4, 0.5) is 0 Å². The summed E-state index contributed by atoms with van der Waals surface area (Å²) in [5.41, 5.74) is 4.19. The monoisotopic (exact) mass is 298 g/mol. The van der Waals surface area contributed by atoms with E-state index in [0.29, 0.717) is 16.9 Å². The molecule has 4 atom stereocenters. The molecule has 0 radical (unpaired) electrons. The van der Waals surface area contributed by atoms with Crippen LogP contribution in [0.25, 0.3) is 0 Å². The molecule has 0 amide bonds. The van der Waals surface area contributed by atoms with Gasteiger partial charge in [0.25, 0.3) is 0 Å². The summed E-state index contributed by atoms with van der Waals surface area (Å²) in [6, 6.07) is 4.26. The van der Waals surface area contributed by atoms with Crippen LogP contribution < -0.4 is 4.74 Å². The van der Waals surface area contributed by atoms with Gasteiger partial charge in [-0.2, -0.15) is 0 Å². The highest BCUT2D eigenvalue weighted by Crippen LogP contribution is 2.61. The molecule has 0 N–H and O–H groups in total. The van der Waals surface area contributed by atoms with Crippen molar-refractivity contribution in [2.24, 2.45) is 17.3 Å². The van der Waals surface area contributed by atoms with Crippen LogP contribution in [0, 0.1) is 17.3 Å². The Bertz CT molecular complexity index is 606. The van der Waals surface area contributed by atoms with Crippen LogP contribution in [0.15, 0.2) is 12.1 Å². The molecule has 2 fully saturated rings. The second kappa shape index (κ2) is 5.11. The predicted molar refractivity (Wildman–Crippen MR) is 87.6 cm³/mol. The van der Waals surface area contributed by atoms with Crippen LogP contribution in [0.2, 0.25) is 0 Å². The van der Waals surface area contributed by atoms with Crippen LogP contribution >= 0.6 is 0 Å². The fraction of sp³-hybridized carbons (Fsp3) is 0.650. The summed E-state index contributed by atoms with van der Waals surface area (Å²) in [4.78, 5) is 11.3. The van der Waals surface area contributed by atoms with E-state index >= 15 is 0 Å². The van der Waals surface area contributed by atoms with E-state index < -0.39 is 0 Å². The number of hydrogen-bond donors (Lipinski definition) is 0. The Balaban J connectivity index is 1.74. The van der Waals surface area contributed by atoms with Gasteiger partial charge in [0, 0.05) is 0 Å². The molecule has 0 aliphatic heterocycles. The third-order valence-corrected chi connectivity index (χ3v) is 6.98. The highest BCUT2D eigenvalue weighted by molar-refractivity contribution is 5.80. The molecule has 3 aliphatic carbocycles. The number of aldehydes is 1. The lowest BCUT2D eigenvalue weighted by molar-refractivity contribution is 0.0597. The van der Waals surface area contributed by atoms with Gasteiger partial charge in [0.1, 0.15) is 5.75 Å². The quantitative estimate of drug-likeness (QED) is 0.736. The Labute approximate surface area is 133 Å². The Morgan fingerprint density at radius 2 is 2.09 bits per heavy atom. The van der Waals surface area contributed by atoms with Crippen LogP contribution in [-0.2, 0) is 6.42 Å². The molecule has 1 aromatic carbocycles. The first-order valence-electron chi connectivity index (χ1n) is 8.82. The zero-order chi connectivity index (χ0) is 15.3. The molecule has 0 saturated heterocycles. The molecular formula is C20H26O2. The van der Waals surface area contributed by atoms with E-state index in [9.17, 15) is 4.79 Å². The molecule has 1 aromatic rings. The second-order valence-electron chi connectivity index (χ2n) is 7.91. The van der Waals surface area contributed by atoms with E-state index in [2.05, 4.69) is 19.1 Å². The summed E-state index contributed by atoms with van der Waals surface area (Å²) in [7, 11) is 1.67. The minimum absolute atomic E-state index is 0.603. The van der Waals surface area contributed by atoms with Gasteiger partial charge in [0.2, 0.25) is 0 Å². The normalized spacial score (nSPS) is 36.2. The van der Waals surface area contributed by atoms with Gasteiger partial charge in [0.15, 0.2) is 6.29 Å². The van der Waals surface area contributed by atoms with Gasteiger partial charge in [-0.3, -0.25) is 4.79 Å². The van der Waals surface area contributed by atoms with E-state index in [1.165, 1.54) is 49.7 Å². The average molecular weight is 298 g/mol. The Kier molecular flexibility index (Phi) is 3.32. The maximum absolute atomic E-state index is 11.3. The molecule has 0 aromatic heterocycles. The van der Waals surface area contributed by atoms with Crippen molar-refractivity contribution in [3.8, 4) is 5.75 Å². The van der Waals surface area contributed by atoms with E-state index in [1.54, 1.807) is 7.11 Å². The first kappa shape index (κ1) is 14.3. The van der Waals surface area contributed by atoms with E-state index in [1.807, 2.05) is 0 Å². The molecule has 2 nitrogen and oxygen atoms in total. The number of benzene rings is 1. The number of rotatable bonds is 2. The number of aryl methyl sites for hydroxylation is 1. The van der Waals surface area contributed by atoms with Gasteiger partial charge in [-0.25, -0.2) is 0 Å². The zero-order valence-electron chi connectivity index (χ0n) is 13.7. The molecule has 0 heterocycles. The molecule has 3 unspecified atom stereocenters. The van der Waals surface area contributed by atoms with Crippen molar-refractivity contribution in [2.75, 3.05) is 7.11 Å². The van der Waals surface area contributed by atoms with Crippen molar-refractivity contribution in [2.45, 2.75) is 57.8 Å². The molecule has 118 valence electrons. The lowest BCUT2D eigenvalue weighted by atomic mass is 9.56.